The summed E-state index contributed by atoms with van der Waals surface area (Å²) in [4.78, 5) is 6.56. The number of pyridine rings is 1. The van der Waals surface area contributed by atoms with Crippen molar-refractivity contribution in [3.63, 3.8) is 0 Å². The van der Waals surface area contributed by atoms with Crippen LogP contribution in [0.3, 0.4) is 0 Å². The van der Waals surface area contributed by atoms with Crippen molar-refractivity contribution in [3.05, 3.63) is 23.0 Å². The molecule has 0 atom stereocenters. The molecule has 1 aromatic rings. The van der Waals surface area contributed by atoms with Crippen LogP contribution < -0.4 is 4.90 Å². The normalized spacial score (nSPS) is 16.6. The Hall–Kier alpha value is -0.760. The Morgan fingerprint density at radius 3 is 2.69 bits per heavy atom. The largest absolute Gasteiger partial charge is 0.369 e. The number of aryl methyl sites for hydroxylation is 1. The van der Waals surface area contributed by atoms with Gasteiger partial charge in [-0.05, 0) is 25.8 Å². The lowest BCUT2D eigenvalue weighted by atomic mass is 10.3. The zero-order valence-corrected chi connectivity index (χ0v) is 8.51. The summed E-state index contributed by atoms with van der Waals surface area (Å²) in [7, 11) is 0. The van der Waals surface area contributed by atoms with Crippen molar-refractivity contribution in [2.75, 3.05) is 18.0 Å². The third-order valence-corrected chi connectivity index (χ3v) is 2.72. The fourth-order valence-corrected chi connectivity index (χ4v) is 2.04. The third-order valence-electron chi connectivity index (χ3n) is 2.42. The van der Waals surface area contributed by atoms with Crippen LogP contribution in [0.1, 0.15) is 18.5 Å². The molecule has 2 heterocycles. The van der Waals surface area contributed by atoms with E-state index < -0.39 is 0 Å². The highest BCUT2D eigenvalue weighted by Crippen LogP contribution is 2.27. The number of halogens is 1. The Kier molecular flexibility index (Phi) is 2.40. The van der Waals surface area contributed by atoms with Gasteiger partial charge in [-0.3, -0.25) is 4.98 Å². The van der Waals surface area contributed by atoms with E-state index in [2.05, 4.69) is 9.88 Å². The molecule has 2 nitrogen and oxygen atoms in total. The summed E-state index contributed by atoms with van der Waals surface area (Å²) in [5.41, 5.74) is 2.07. The first-order chi connectivity index (χ1) is 6.27. The van der Waals surface area contributed by atoms with E-state index in [1.807, 2.05) is 19.2 Å². The smallest absolute Gasteiger partial charge is 0.0742 e. The monoisotopic (exact) mass is 196 g/mol. The van der Waals surface area contributed by atoms with Gasteiger partial charge in [0.05, 0.1) is 16.9 Å². The van der Waals surface area contributed by atoms with Gasteiger partial charge in [0.25, 0.3) is 0 Å². The predicted molar refractivity (Wildman–Crippen MR) is 55.4 cm³/mol. The highest BCUT2D eigenvalue weighted by Gasteiger charge is 2.15. The fourth-order valence-electron chi connectivity index (χ4n) is 1.71. The first kappa shape index (κ1) is 8.82. The number of aromatic nitrogens is 1. The zero-order valence-electron chi connectivity index (χ0n) is 7.76. The molecule has 1 aliphatic heterocycles. The maximum atomic E-state index is 6.13. The molecule has 0 radical (unpaired) electrons. The van der Waals surface area contributed by atoms with Crippen LogP contribution in [0, 0.1) is 6.92 Å². The molecule has 70 valence electrons. The molecule has 0 N–H and O–H groups in total. The van der Waals surface area contributed by atoms with Crippen LogP contribution in [-0.2, 0) is 0 Å². The first-order valence-electron chi connectivity index (χ1n) is 4.64. The maximum Gasteiger partial charge on any atom is 0.0742 e. The molecule has 13 heavy (non-hydrogen) atoms. The van der Waals surface area contributed by atoms with Crippen LogP contribution in [0.4, 0.5) is 5.69 Å². The average Bonchev–Trinajstić information content (AvgIpc) is 2.56. The van der Waals surface area contributed by atoms with Crippen molar-refractivity contribution >= 4 is 17.3 Å². The van der Waals surface area contributed by atoms with E-state index in [0.29, 0.717) is 0 Å². The Labute approximate surface area is 83.5 Å². The van der Waals surface area contributed by atoms with Crippen molar-refractivity contribution in [3.8, 4) is 0 Å². The Balaban J connectivity index is 2.29. The van der Waals surface area contributed by atoms with E-state index >= 15 is 0 Å². The molecule has 1 aliphatic rings. The molecule has 0 saturated carbocycles. The van der Waals surface area contributed by atoms with E-state index in [9.17, 15) is 0 Å². The number of anilines is 1. The van der Waals surface area contributed by atoms with Crippen LogP contribution in [0.2, 0.25) is 5.02 Å². The zero-order chi connectivity index (χ0) is 9.26. The van der Waals surface area contributed by atoms with Crippen molar-refractivity contribution in [1.29, 1.82) is 0 Å². The summed E-state index contributed by atoms with van der Waals surface area (Å²) in [6.07, 6.45) is 4.41. The molecule has 0 unspecified atom stereocenters. The van der Waals surface area contributed by atoms with Gasteiger partial charge in [0.1, 0.15) is 0 Å². The molecular formula is C10H13ClN2. The van der Waals surface area contributed by atoms with Crippen molar-refractivity contribution in [2.24, 2.45) is 0 Å². The quantitative estimate of drug-likeness (QED) is 0.687. The first-order valence-corrected chi connectivity index (χ1v) is 5.02. The number of hydrogen-bond donors (Lipinski definition) is 0. The molecule has 1 fully saturated rings. The Bertz CT molecular complexity index is 306. The number of rotatable bonds is 1. The summed E-state index contributed by atoms with van der Waals surface area (Å²) in [6, 6.07) is 1.93. The van der Waals surface area contributed by atoms with Crippen LogP contribution >= 0.6 is 11.6 Å². The van der Waals surface area contributed by atoms with E-state index in [1.165, 1.54) is 12.8 Å². The molecule has 1 saturated heterocycles. The summed E-state index contributed by atoms with van der Waals surface area (Å²) in [5.74, 6) is 0. The minimum absolute atomic E-state index is 0.828. The number of nitrogens with zero attached hydrogens (tertiary/aromatic N) is 2. The lowest BCUT2D eigenvalue weighted by molar-refractivity contribution is 0.949. The second-order valence-corrected chi connectivity index (χ2v) is 3.88. The van der Waals surface area contributed by atoms with Gasteiger partial charge in [-0.1, -0.05) is 11.6 Å². The number of hydrogen-bond acceptors (Lipinski definition) is 2. The summed E-state index contributed by atoms with van der Waals surface area (Å²) < 4.78 is 0. The van der Waals surface area contributed by atoms with Gasteiger partial charge in [0.2, 0.25) is 0 Å². The molecule has 3 heteroatoms. The van der Waals surface area contributed by atoms with E-state index in [4.69, 9.17) is 11.6 Å². The van der Waals surface area contributed by atoms with Gasteiger partial charge in [-0.15, -0.1) is 0 Å². The minimum atomic E-state index is 0.828. The van der Waals surface area contributed by atoms with Gasteiger partial charge in [0.15, 0.2) is 0 Å². The fraction of sp³-hybridized carbons (Fsp3) is 0.500. The predicted octanol–water partition coefficient (Wildman–Crippen LogP) is 2.64. The van der Waals surface area contributed by atoms with E-state index in [-0.39, 0.29) is 0 Å². The summed E-state index contributed by atoms with van der Waals surface area (Å²) in [6.45, 7) is 4.19. The van der Waals surface area contributed by atoms with E-state index in [0.717, 1.165) is 29.5 Å². The molecule has 0 aliphatic carbocycles. The minimum Gasteiger partial charge on any atom is -0.369 e. The lowest BCUT2D eigenvalue weighted by Crippen LogP contribution is -2.18. The Morgan fingerprint density at radius 2 is 2.08 bits per heavy atom. The molecule has 0 bridgehead atoms. The van der Waals surface area contributed by atoms with Crippen molar-refractivity contribution in [2.45, 2.75) is 19.8 Å². The van der Waals surface area contributed by atoms with Crippen LogP contribution in [0.25, 0.3) is 0 Å². The van der Waals surface area contributed by atoms with Gasteiger partial charge < -0.3 is 4.90 Å². The summed E-state index contributed by atoms with van der Waals surface area (Å²) >= 11 is 6.13. The topological polar surface area (TPSA) is 16.1 Å². The molecular weight excluding hydrogens is 184 g/mol. The standard InChI is InChI=1S/C10H13ClN2/c1-8-6-9(11)10(7-12-8)13-4-2-3-5-13/h6-7H,2-5H2,1H3. The molecule has 0 aromatic carbocycles. The van der Waals surface area contributed by atoms with Crippen LogP contribution in [-0.4, -0.2) is 18.1 Å². The molecule has 0 amide bonds. The van der Waals surface area contributed by atoms with Crippen LogP contribution in [0.5, 0.6) is 0 Å². The van der Waals surface area contributed by atoms with E-state index in [1.54, 1.807) is 0 Å². The SMILES string of the molecule is Cc1cc(Cl)c(N2CCCC2)cn1. The van der Waals surface area contributed by atoms with Crippen molar-refractivity contribution < 1.29 is 0 Å². The maximum absolute atomic E-state index is 6.13. The lowest BCUT2D eigenvalue weighted by Gasteiger charge is -2.18. The second-order valence-electron chi connectivity index (χ2n) is 3.47. The second kappa shape index (κ2) is 3.54. The average molecular weight is 197 g/mol. The third kappa shape index (κ3) is 1.78. The Morgan fingerprint density at radius 1 is 1.38 bits per heavy atom. The molecule has 0 spiro atoms. The van der Waals surface area contributed by atoms with Gasteiger partial charge >= 0.3 is 0 Å². The van der Waals surface area contributed by atoms with Gasteiger partial charge in [-0.2, -0.15) is 0 Å². The van der Waals surface area contributed by atoms with Crippen molar-refractivity contribution in [1.82, 2.24) is 4.98 Å². The van der Waals surface area contributed by atoms with Crippen LogP contribution in [0.15, 0.2) is 12.3 Å². The molecule has 2 rings (SSSR count). The highest BCUT2D eigenvalue weighted by molar-refractivity contribution is 6.33. The van der Waals surface area contributed by atoms with Gasteiger partial charge in [0, 0.05) is 18.8 Å². The summed E-state index contributed by atoms with van der Waals surface area (Å²) in [5, 5.41) is 0.828. The highest BCUT2D eigenvalue weighted by atomic mass is 35.5. The molecule has 1 aromatic heterocycles. The van der Waals surface area contributed by atoms with Gasteiger partial charge in [-0.25, -0.2) is 0 Å².